The second kappa shape index (κ2) is 7.77. The number of hydrogen-bond acceptors (Lipinski definition) is 5. The molecule has 0 spiro atoms. The van der Waals surface area contributed by atoms with Crippen LogP contribution in [-0.4, -0.2) is 46.5 Å². The van der Waals surface area contributed by atoms with Crippen LogP contribution in [0.2, 0.25) is 0 Å². The van der Waals surface area contributed by atoms with Gasteiger partial charge >= 0.3 is 0 Å². The molecule has 1 aromatic heterocycles. The molecule has 7 nitrogen and oxygen atoms in total. The highest BCUT2D eigenvalue weighted by atomic mass is 16.5. The summed E-state index contributed by atoms with van der Waals surface area (Å²) >= 11 is 0. The van der Waals surface area contributed by atoms with Crippen LogP contribution in [0.5, 0.6) is 0 Å². The first-order valence-corrected chi connectivity index (χ1v) is 8.99. The second-order valence-electron chi connectivity index (χ2n) is 6.88. The van der Waals surface area contributed by atoms with Crippen molar-refractivity contribution in [3.05, 3.63) is 11.7 Å². The fraction of sp³-hybridized carbons (Fsp3) is 0.765. The Morgan fingerprint density at radius 3 is 2.79 bits per heavy atom. The molecule has 0 aromatic carbocycles. The summed E-state index contributed by atoms with van der Waals surface area (Å²) in [6.45, 7) is 3.33. The number of amides is 2. The molecular weight excluding hydrogens is 308 g/mol. The summed E-state index contributed by atoms with van der Waals surface area (Å²) in [4.78, 5) is 29.9. The van der Waals surface area contributed by atoms with Crippen molar-refractivity contribution in [3.8, 4) is 0 Å². The zero-order valence-corrected chi connectivity index (χ0v) is 14.3. The monoisotopic (exact) mass is 334 g/mol. The average molecular weight is 334 g/mol. The summed E-state index contributed by atoms with van der Waals surface area (Å²) in [6, 6.07) is 0. The summed E-state index contributed by atoms with van der Waals surface area (Å²) < 4.78 is 5.34. The highest BCUT2D eigenvalue weighted by molar-refractivity contribution is 5.80. The van der Waals surface area contributed by atoms with Gasteiger partial charge in [-0.2, -0.15) is 4.98 Å². The van der Waals surface area contributed by atoms with Crippen molar-refractivity contribution in [2.45, 2.75) is 57.8 Å². The third kappa shape index (κ3) is 4.13. The van der Waals surface area contributed by atoms with Gasteiger partial charge in [0.1, 0.15) is 0 Å². The number of piperidine rings is 1. The quantitative estimate of drug-likeness (QED) is 0.884. The first-order chi connectivity index (χ1) is 11.6. The van der Waals surface area contributed by atoms with Gasteiger partial charge in [0, 0.05) is 38.9 Å². The fourth-order valence-corrected chi connectivity index (χ4v) is 3.63. The first-order valence-electron chi connectivity index (χ1n) is 8.99. The third-order valence-electron chi connectivity index (χ3n) is 5.07. The molecule has 0 bridgehead atoms. The molecule has 2 fully saturated rings. The van der Waals surface area contributed by atoms with Gasteiger partial charge in [-0.05, 0) is 25.7 Å². The zero-order chi connectivity index (χ0) is 16.9. The van der Waals surface area contributed by atoms with Crippen LogP contribution in [0, 0.1) is 5.92 Å². The van der Waals surface area contributed by atoms with Gasteiger partial charge in [0.2, 0.25) is 17.7 Å². The number of nitrogens with zero attached hydrogens (tertiary/aromatic N) is 3. The van der Waals surface area contributed by atoms with Gasteiger partial charge in [-0.1, -0.05) is 18.0 Å². The summed E-state index contributed by atoms with van der Waals surface area (Å²) in [5, 5.41) is 6.96. The number of carbonyl (C=O) groups is 2. The normalized spacial score (nSPS) is 21.9. The van der Waals surface area contributed by atoms with Crippen LogP contribution in [0.25, 0.3) is 0 Å². The van der Waals surface area contributed by atoms with Crippen molar-refractivity contribution in [1.82, 2.24) is 20.4 Å². The van der Waals surface area contributed by atoms with Crippen molar-refractivity contribution >= 4 is 11.8 Å². The van der Waals surface area contributed by atoms with Crippen LogP contribution in [0.1, 0.15) is 63.1 Å². The summed E-state index contributed by atoms with van der Waals surface area (Å²) in [7, 11) is 0. The van der Waals surface area contributed by atoms with Crippen molar-refractivity contribution in [3.63, 3.8) is 0 Å². The minimum Gasteiger partial charge on any atom is -0.355 e. The Balaban J connectivity index is 1.42. The van der Waals surface area contributed by atoms with Gasteiger partial charge in [-0.25, -0.2) is 0 Å². The van der Waals surface area contributed by atoms with Crippen molar-refractivity contribution in [2.24, 2.45) is 5.92 Å². The maximum absolute atomic E-state index is 12.3. The Morgan fingerprint density at radius 2 is 2.04 bits per heavy atom. The Morgan fingerprint density at radius 1 is 1.25 bits per heavy atom. The number of carbonyl (C=O) groups excluding carboxylic acids is 2. The van der Waals surface area contributed by atoms with E-state index in [1.807, 2.05) is 0 Å². The van der Waals surface area contributed by atoms with E-state index in [4.69, 9.17) is 4.52 Å². The lowest BCUT2D eigenvalue weighted by Gasteiger charge is -2.31. The maximum atomic E-state index is 12.3. The van der Waals surface area contributed by atoms with Gasteiger partial charge in [-0.3, -0.25) is 9.59 Å². The molecule has 1 aromatic rings. The molecule has 0 radical (unpaired) electrons. The molecule has 1 aliphatic carbocycles. The third-order valence-corrected chi connectivity index (χ3v) is 5.07. The molecule has 3 rings (SSSR count). The Labute approximate surface area is 142 Å². The molecule has 1 saturated heterocycles. The largest absolute Gasteiger partial charge is 0.355 e. The number of nitrogens with one attached hydrogen (secondary N) is 1. The van der Waals surface area contributed by atoms with Gasteiger partial charge < -0.3 is 14.7 Å². The van der Waals surface area contributed by atoms with Crippen molar-refractivity contribution in [1.29, 1.82) is 0 Å². The average Bonchev–Trinajstić information content (AvgIpc) is 3.26. The van der Waals surface area contributed by atoms with Gasteiger partial charge in [0.25, 0.3) is 0 Å². The molecule has 2 amide bonds. The molecule has 1 saturated carbocycles. The van der Waals surface area contributed by atoms with Crippen LogP contribution < -0.4 is 5.32 Å². The smallest absolute Gasteiger partial charge is 0.229 e. The molecule has 1 N–H and O–H groups in total. The van der Waals surface area contributed by atoms with Crippen molar-refractivity contribution in [2.75, 3.05) is 19.6 Å². The van der Waals surface area contributed by atoms with E-state index in [1.165, 1.54) is 12.8 Å². The Hall–Kier alpha value is -1.92. The number of likely N-dealkylation sites (tertiary alicyclic amines) is 1. The van der Waals surface area contributed by atoms with Gasteiger partial charge in [0.15, 0.2) is 5.82 Å². The molecule has 1 aliphatic heterocycles. The fourth-order valence-electron chi connectivity index (χ4n) is 3.63. The standard InChI is InChI=1S/C17H26N4O3/c1-12(22)21-10-4-7-14(11-21)16(23)18-9-8-15-19-17(24-20-15)13-5-2-3-6-13/h13-14H,2-11H2,1H3,(H,18,23). The molecule has 24 heavy (non-hydrogen) atoms. The van der Waals surface area contributed by atoms with Crippen LogP contribution >= 0.6 is 0 Å². The minimum absolute atomic E-state index is 0.0143. The minimum atomic E-state index is -0.109. The molecule has 7 heteroatoms. The van der Waals surface area contributed by atoms with Gasteiger partial charge in [-0.15, -0.1) is 0 Å². The predicted octanol–water partition coefficient (Wildman–Crippen LogP) is 1.64. The van der Waals surface area contributed by atoms with E-state index in [9.17, 15) is 9.59 Å². The Bertz CT molecular complexity index is 580. The molecule has 1 unspecified atom stereocenters. The van der Waals surface area contributed by atoms with Crippen LogP contribution in [0.4, 0.5) is 0 Å². The molecule has 2 aliphatic rings. The van der Waals surface area contributed by atoms with Gasteiger partial charge in [0.05, 0.1) is 5.92 Å². The Kier molecular flexibility index (Phi) is 5.48. The molecular formula is C17H26N4O3. The van der Waals surface area contributed by atoms with Crippen LogP contribution in [0.3, 0.4) is 0 Å². The highest BCUT2D eigenvalue weighted by Gasteiger charge is 2.27. The first kappa shape index (κ1) is 16.9. The van der Waals surface area contributed by atoms with Crippen molar-refractivity contribution < 1.29 is 14.1 Å². The van der Waals surface area contributed by atoms with E-state index < -0.39 is 0 Å². The van der Waals surface area contributed by atoms with E-state index in [0.29, 0.717) is 31.3 Å². The van der Waals surface area contributed by atoms with E-state index >= 15 is 0 Å². The summed E-state index contributed by atoms with van der Waals surface area (Å²) in [5.74, 6) is 1.77. The number of hydrogen-bond donors (Lipinski definition) is 1. The lowest BCUT2D eigenvalue weighted by molar-refractivity contribution is -0.133. The topological polar surface area (TPSA) is 88.3 Å². The lowest BCUT2D eigenvalue weighted by atomic mass is 9.97. The predicted molar refractivity (Wildman–Crippen MR) is 87.2 cm³/mol. The summed E-state index contributed by atoms with van der Waals surface area (Å²) in [5.41, 5.74) is 0. The molecule has 1 atom stereocenters. The SMILES string of the molecule is CC(=O)N1CCCC(C(=O)NCCc2noc(C3CCCC3)n2)C1. The highest BCUT2D eigenvalue weighted by Crippen LogP contribution is 2.32. The van der Waals surface area contributed by atoms with E-state index in [0.717, 1.165) is 38.1 Å². The van der Waals surface area contributed by atoms with E-state index in [1.54, 1.807) is 11.8 Å². The summed E-state index contributed by atoms with van der Waals surface area (Å²) in [6.07, 6.45) is 7.02. The molecule has 2 heterocycles. The van der Waals surface area contributed by atoms with Crippen LogP contribution in [-0.2, 0) is 16.0 Å². The van der Waals surface area contributed by atoms with Crippen LogP contribution in [0.15, 0.2) is 4.52 Å². The molecule has 132 valence electrons. The zero-order valence-electron chi connectivity index (χ0n) is 14.3. The number of rotatable bonds is 5. The second-order valence-corrected chi connectivity index (χ2v) is 6.88. The lowest BCUT2D eigenvalue weighted by Crippen LogP contribution is -2.45. The van der Waals surface area contributed by atoms with E-state index in [2.05, 4.69) is 15.5 Å². The maximum Gasteiger partial charge on any atom is 0.229 e. The number of aromatic nitrogens is 2. The van der Waals surface area contributed by atoms with E-state index in [-0.39, 0.29) is 17.7 Å².